The predicted molar refractivity (Wildman–Crippen MR) is 42.7 cm³/mol. The highest BCUT2D eigenvalue weighted by molar-refractivity contribution is 7.09. The molecule has 0 radical (unpaired) electrons. The zero-order valence-electron chi connectivity index (χ0n) is 6.08. The minimum Gasteiger partial charge on any atom is -0.316 e. The summed E-state index contributed by atoms with van der Waals surface area (Å²) >= 11 is 1.61. The highest BCUT2D eigenvalue weighted by atomic mass is 32.1. The number of hydrogen-bond acceptors (Lipinski definition) is 4. The van der Waals surface area contributed by atoms with Crippen LogP contribution in [-0.2, 0) is 6.54 Å². The van der Waals surface area contributed by atoms with Gasteiger partial charge in [0.2, 0.25) is 0 Å². The lowest BCUT2D eigenvalue weighted by molar-refractivity contribution is 0.162. The number of hydroxylamine groups is 1. The van der Waals surface area contributed by atoms with E-state index in [0.717, 1.165) is 0 Å². The van der Waals surface area contributed by atoms with Gasteiger partial charge in [-0.05, 0) is 12.8 Å². The third-order valence-electron chi connectivity index (χ3n) is 1.88. The SMILES string of the molecule is ONCc1scnc1C1CC1. The van der Waals surface area contributed by atoms with Crippen LogP contribution in [0.5, 0.6) is 0 Å². The van der Waals surface area contributed by atoms with Gasteiger partial charge in [0, 0.05) is 10.8 Å². The van der Waals surface area contributed by atoms with Crippen LogP contribution in [0, 0.1) is 0 Å². The molecule has 3 nitrogen and oxygen atoms in total. The molecule has 1 saturated carbocycles. The first-order valence-electron chi connectivity index (χ1n) is 3.71. The van der Waals surface area contributed by atoms with Crippen LogP contribution in [0.25, 0.3) is 0 Å². The molecule has 60 valence electrons. The molecule has 1 aliphatic carbocycles. The Kier molecular flexibility index (Phi) is 1.89. The number of rotatable bonds is 3. The first-order valence-corrected chi connectivity index (χ1v) is 4.59. The molecule has 0 bridgehead atoms. The molecule has 0 saturated heterocycles. The van der Waals surface area contributed by atoms with Crippen molar-refractivity contribution < 1.29 is 5.21 Å². The summed E-state index contributed by atoms with van der Waals surface area (Å²) in [5.74, 6) is 0.685. The van der Waals surface area contributed by atoms with E-state index in [1.165, 1.54) is 23.4 Å². The van der Waals surface area contributed by atoms with Gasteiger partial charge in [0.1, 0.15) is 0 Å². The van der Waals surface area contributed by atoms with E-state index in [4.69, 9.17) is 5.21 Å². The molecule has 0 atom stereocenters. The molecular weight excluding hydrogens is 160 g/mol. The Hall–Kier alpha value is -0.450. The van der Waals surface area contributed by atoms with Crippen LogP contribution >= 0.6 is 11.3 Å². The Labute approximate surface area is 69.0 Å². The maximum atomic E-state index is 8.49. The summed E-state index contributed by atoms with van der Waals surface area (Å²) in [4.78, 5) is 5.44. The molecule has 2 rings (SSSR count). The van der Waals surface area contributed by atoms with Crippen molar-refractivity contribution in [2.45, 2.75) is 25.3 Å². The number of nitrogens with one attached hydrogen (secondary N) is 1. The van der Waals surface area contributed by atoms with Crippen molar-refractivity contribution in [1.82, 2.24) is 10.5 Å². The summed E-state index contributed by atoms with van der Waals surface area (Å²) in [5, 5.41) is 8.49. The Morgan fingerprint density at radius 2 is 2.55 bits per heavy atom. The molecule has 1 aromatic rings. The highest BCUT2D eigenvalue weighted by Gasteiger charge is 2.27. The first kappa shape index (κ1) is 7.21. The first-order chi connectivity index (χ1) is 5.42. The Balaban J connectivity index is 2.16. The van der Waals surface area contributed by atoms with E-state index >= 15 is 0 Å². The molecule has 0 spiro atoms. The van der Waals surface area contributed by atoms with E-state index in [1.54, 1.807) is 11.3 Å². The van der Waals surface area contributed by atoms with Gasteiger partial charge in [-0.1, -0.05) is 0 Å². The third kappa shape index (κ3) is 1.42. The smallest absolute Gasteiger partial charge is 0.0798 e. The molecule has 4 heteroatoms. The lowest BCUT2D eigenvalue weighted by Crippen LogP contribution is -2.06. The normalized spacial score (nSPS) is 17.2. The quantitative estimate of drug-likeness (QED) is 0.676. The summed E-state index contributed by atoms with van der Waals surface area (Å²) in [6.07, 6.45) is 2.53. The maximum absolute atomic E-state index is 8.49. The molecule has 1 heterocycles. The van der Waals surface area contributed by atoms with E-state index in [0.29, 0.717) is 12.5 Å². The Bertz CT molecular complexity index is 244. The van der Waals surface area contributed by atoms with Gasteiger partial charge in [0.15, 0.2) is 0 Å². The second kappa shape index (κ2) is 2.89. The fourth-order valence-electron chi connectivity index (χ4n) is 1.17. The van der Waals surface area contributed by atoms with Crippen molar-refractivity contribution in [2.75, 3.05) is 0 Å². The summed E-state index contributed by atoms with van der Waals surface area (Å²) in [6.45, 7) is 0.538. The minimum absolute atomic E-state index is 0.538. The van der Waals surface area contributed by atoms with Gasteiger partial charge in [-0.25, -0.2) is 10.5 Å². The molecule has 0 amide bonds. The van der Waals surface area contributed by atoms with Crippen LogP contribution in [0.3, 0.4) is 0 Å². The standard InChI is InChI=1S/C7H10N2OS/c10-9-3-6-7(5-1-2-5)8-4-11-6/h4-5,9-10H,1-3H2. The summed E-state index contributed by atoms with van der Waals surface area (Å²) < 4.78 is 0. The average molecular weight is 170 g/mol. The second-order valence-electron chi connectivity index (χ2n) is 2.77. The van der Waals surface area contributed by atoms with Gasteiger partial charge < -0.3 is 5.21 Å². The predicted octanol–water partition coefficient (Wildman–Crippen LogP) is 1.50. The highest BCUT2D eigenvalue weighted by Crippen LogP contribution is 2.41. The molecule has 1 fully saturated rings. The third-order valence-corrected chi connectivity index (χ3v) is 2.72. The van der Waals surface area contributed by atoms with Crippen LogP contribution in [-0.4, -0.2) is 10.2 Å². The summed E-state index contributed by atoms with van der Waals surface area (Å²) in [6, 6.07) is 0. The molecule has 11 heavy (non-hydrogen) atoms. The van der Waals surface area contributed by atoms with Crippen molar-refractivity contribution in [1.29, 1.82) is 0 Å². The van der Waals surface area contributed by atoms with E-state index in [1.807, 2.05) is 5.51 Å². The molecule has 1 aromatic heterocycles. The van der Waals surface area contributed by atoms with E-state index in [-0.39, 0.29) is 0 Å². The average Bonchev–Trinajstić information content (AvgIpc) is 2.75. The van der Waals surface area contributed by atoms with E-state index in [2.05, 4.69) is 10.5 Å². The van der Waals surface area contributed by atoms with E-state index in [9.17, 15) is 0 Å². The van der Waals surface area contributed by atoms with Gasteiger partial charge in [-0.3, -0.25) is 0 Å². The van der Waals surface area contributed by atoms with Gasteiger partial charge in [-0.15, -0.1) is 11.3 Å². The summed E-state index contributed by atoms with van der Waals surface area (Å²) in [5.41, 5.74) is 5.20. The van der Waals surface area contributed by atoms with Crippen molar-refractivity contribution in [3.8, 4) is 0 Å². The number of hydrogen-bond donors (Lipinski definition) is 2. The van der Waals surface area contributed by atoms with Crippen molar-refractivity contribution in [2.24, 2.45) is 0 Å². The summed E-state index contributed by atoms with van der Waals surface area (Å²) in [7, 11) is 0. The van der Waals surface area contributed by atoms with Crippen molar-refractivity contribution in [3.63, 3.8) is 0 Å². The molecule has 1 aliphatic rings. The second-order valence-corrected chi connectivity index (χ2v) is 3.71. The van der Waals surface area contributed by atoms with Crippen LogP contribution in [0.4, 0.5) is 0 Å². The zero-order chi connectivity index (χ0) is 7.68. The van der Waals surface area contributed by atoms with Gasteiger partial charge in [0.25, 0.3) is 0 Å². The molecule has 0 aromatic carbocycles. The van der Waals surface area contributed by atoms with Crippen LogP contribution in [0.15, 0.2) is 5.51 Å². The largest absolute Gasteiger partial charge is 0.316 e. The zero-order valence-corrected chi connectivity index (χ0v) is 6.90. The number of nitrogens with zero attached hydrogens (tertiary/aromatic N) is 1. The Morgan fingerprint density at radius 1 is 1.73 bits per heavy atom. The minimum atomic E-state index is 0.538. The Morgan fingerprint density at radius 3 is 3.18 bits per heavy atom. The van der Waals surface area contributed by atoms with Crippen molar-refractivity contribution >= 4 is 11.3 Å². The fourth-order valence-corrected chi connectivity index (χ4v) is 1.95. The number of aromatic nitrogens is 1. The lowest BCUT2D eigenvalue weighted by atomic mass is 10.2. The van der Waals surface area contributed by atoms with Gasteiger partial charge >= 0.3 is 0 Å². The molecule has 0 unspecified atom stereocenters. The molecule has 2 N–H and O–H groups in total. The maximum Gasteiger partial charge on any atom is 0.0798 e. The molecular formula is C7H10N2OS. The van der Waals surface area contributed by atoms with Crippen LogP contribution < -0.4 is 5.48 Å². The topological polar surface area (TPSA) is 45.1 Å². The van der Waals surface area contributed by atoms with Crippen LogP contribution in [0.1, 0.15) is 29.3 Å². The van der Waals surface area contributed by atoms with Gasteiger partial charge in [-0.2, -0.15) is 0 Å². The molecule has 0 aliphatic heterocycles. The number of thiazole rings is 1. The van der Waals surface area contributed by atoms with Crippen molar-refractivity contribution in [3.05, 3.63) is 16.1 Å². The van der Waals surface area contributed by atoms with Gasteiger partial charge in [0.05, 0.1) is 17.7 Å². The lowest BCUT2D eigenvalue weighted by Gasteiger charge is -1.96. The van der Waals surface area contributed by atoms with Crippen LogP contribution in [0.2, 0.25) is 0 Å². The van der Waals surface area contributed by atoms with E-state index < -0.39 is 0 Å². The fraction of sp³-hybridized carbons (Fsp3) is 0.571. The monoisotopic (exact) mass is 170 g/mol.